The van der Waals surface area contributed by atoms with Gasteiger partial charge < -0.3 is 10.0 Å². The molecule has 1 aromatic rings. The Hall–Kier alpha value is -1.24. The van der Waals surface area contributed by atoms with Crippen molar-refractivity contribution in [3.8, 4) is 0 Å². The maximum absolute atomic E-state index is 13.0. The molecule has 0 saturated carbocycles. The molecule has 1 N–H and O–H groups in total. The van der Waals surface area contributed by atoms with Crippen molar-refractivity contribution in [2.75, 3.05) is 18.0 Å². The minimum absolute atomic E-state index is 0.116. The van der Waals surface area contributed by atoms with Crippen LogP contribution < -0.4 is 4.90 Å². The van der Waals surface area contributed by atoms with E-state index in [2.05, 4.69) is 4.98 Å². The van der Waals surface area contributed by atoms with Crippen molar-refractivity contribution >= 4 is 22.4 Å². The van der Waals surface area contributed by atoms with Crippen molar-refractivity contribution in [2.24, 2.45) is 0 Å². The van der Waals surface area contributed by atoms with Crippen LogP contribution in [-0.4, -0.2) is 35.1 Å². The van der Waals surface area contributed by atoms with Gasteiger partial charge in [0.05, 0.1) is 12.2 Å². The Kier molecular flexibility index (Phi) is 2.57. The average molecular weight is 248 g/mol. The molecule has 16 heavy (non-hydrogen) atoms. The van der Waals surface area contributed by atoms with Gasteiger partial charge in [-0.25, -0.2) is 18.6 Å². The molecule has 0 aromatic carbocycles. The highest BCUT2D eigenvalue weighted by Crippen LogP contribution is 2.34. The summed E-state index contributed by atoms with van der Waals surface area (Å²) in [6.07, 6.45) is -0.200. The summed E-state index contributed by atoms with van der Waals surface area (Å²) in [4.78, 5) is 16.3. The molecule has 1 fully saturated rings. The highest BCUT2D eigenvalue weighted by Gasteiger charge is 2.39. The van der Waals surface area contributed by atoms with Gasteiger partial charge in [0, 0.05) is 13.0 Å². The molecule has 7 heteroatoms. The van der Waals surface area contributed by atoms with Crippen LogP contribution in [0.25, 0.3) is 0 Å². The summed E-state index contributed by atoms with van der Waals surface area (Å²) in [5, 5.41) is 9.20. The van der Waals surface area contributed by atoms with Gasteiger partial charge in [-0.15, -0.1) is 0 Å². The van der Waals surface area contributed by atoms with Crippen molar-refractivity contribution in [2.45, 2.75) is 19.3 Å². The molecule has 4 nitrogen and oxygen atoms in total. The Morgan fingerprint density at radius 1 is 1.62 bits per heavy atom. The number of hydrogen-bond acceptors (Lipinski definition) is 4. The Morgan fingerprint density at radius 3 is 2.75 bits per heavy atom. The lowest BCUT2D eigenvalue weighted by molar-refractivity contribution is 0.0257. The third-order valence-electron chi connectivity index (χ3n) is 2.42. The molecule has 0 amide bonds. The maximum Gasteiger partial charge on any atom is 0.347 e. The maximum atomic E-state index is 13.0. The van der Waals surface area contributed by atoms with E-state index in [1.165, 1.54) is 4.90 Å². The number of aryl methyl sites for hydroxylation is 1. The van der Waals surface area contributed by atoms with Crippen LogP contribution in [-0.2, 0) is 0 Å². The second-order valence-corrected chi connectivity index (χ2v) is 4.72. The molecule has 2 heterocycles. The van der Waals surface area contributed by atoms with E-state index in [4.69, 9.17) is 5.11 Å². The van der Waals surface area contributed by atoms with E-state index in [9.17, 15) is 13.6 Å². The first-order chi connectivity index (χ1) is 7.39. The van der Waals surface area contributed by atoms with Crippen LogP contribution >= 0.6 is 11.3 Å². The molecule has 1 aliphatic rings. The molecular formula is C9H10F2N2O2S. The summed E-state index contributed by atoms with van der Waals surface area (Å²) in [6.45, 7) is 1.41. The van der Waals surface area contributed by atoms with Crippen LogP contribution in [0, 0.1) is 6.92 Å². The Labute approximate surface area is 94.5 Å². The normalized spacial score (nSPS) is 19.1. The van der Waals surface area contributed by atoms with Gasteiger partial charge in [0.1, 0.15) is 4.88 Å². The third kappa shape index (κ3) is 1.99. The van der Waals surface area contributed by atoms with Gasteiger partial charge in [0.15, 0.2) is 5.13 Å². The quantitative estimate of drug-likeness (QED) is 0.869. The minimum atomic E-state index is -2.69. The first-order valence-corrected chi connectivity index (χ1v) is 5.54. The lowest BCUT2D eigenvalue weighted by Gasteiger charge is -2.13. The van der Waals surface area contributed by atoms with Crippen LogP contribution in [0.3, 0.4) is 0 Å². The second-order valence-electron chi connectivity index (χ2n) is 3.74. The zero-order chi connectivity index (χ0) is 11.9. The number of halogens is 2. The van der Waals surface area contributed by atoms with Gasteiger partial charge in [-0.3, -0.25) is 0 Å². The molecule has 0 spiro atoms. The topological polar surface area (TPSA) is 53.4 Å². The summed E-state index contributed by atoms with van der Waals surface area (Å²) in [5.74, 6) is -3.75. The first kappa shape index (κ1) is 11.3. The van der Waals surface area contributed by atoms with Crippen LogP contribution in [0.5, 0.6) is 0 Å². The van der Waals surface area contributed by atoms with E-state index >= 15 is 0 Å². The van der Waals surface area contributed by atoms with E-state index in [0.717, 1.165) is 11.3 Å². The van der Waals surface area contributed by atoms with Gasteiger partial charge in [-0.1, -0.05) is 11.3 Å². The number of rotatable bonds is 2. The lowest BCUT2D eigenvalue weighted by atomic mass is 10.3. The largest absolute Gasteiger partial charge is 0.477 e. The Bertz CT molecular complexity index is 433. The number of hydrogen-bond donors (Lipinski definition) is 1. The number of nitrogens with zero attached hydrogens (tertiary/aromatic N) is 2. The number of aromatic nitrogens is 1. The lowest BCUT2D eigenvalue weighted by Crippen LogP contribution is -2.24. The summed E-state index contributed by atoms with van der Waals surface area (Å²) in [7, 11) is 0. The van der Waals surface area contributed by atoms with Gasteiger partial charge in [-0.2, -0.15) is 0 Å². The number of carboxylic acid groups (broad SMARTS) is 1. The van der Waals surface area contributed by atoms with Crippen LogP contribution in [0.4, 0.5) is 13.9 Å². The fourth-order valence-electron chi connectivity index (χ4n) is 1.62. The fourth-order valence-corrected chi connectivity index (χ4v) is 2.55. The van der Waals surface area contributed by atoms with Crippen molar-refractivity contribution in [1.29, 1.82) is 0 Å². The molecule has 1 aromatic heterocycles. The SMILES string of the molecule is Cc1nc(N2CCC(F)(F)C2)sc1C(=O)O. The van der Waals surface area contributed by atoms with Crippen molar-refractivity contribution in [3.05, 3.63) is 10.6 Å². The predicted molar refractivity (Wildman–Crippen MR) is 55.6 cm³/mol. The Balaban J connectivity index is 2.23. The van der Waals surface area contributed by atoms with Crippen LogP contribution in [0.1, 0.15) is 21.8 Å². The average Bonchev–Trinajstić information content (AvgIpc) is 2.69. The fraction of sp³-hybridized carbons (Fsp3) is 0.556. The Morgan fingerprint density at radius 2 is 2.31 bits per heavy atom. The summed E-state index contributed by atoms with van der Waals surface area (Å²) < 4.78 is 25.9. The van der Waals surface area contributed by atoms with Gasteiger partial charge in [0.25, 0.3) is 5.92 Å². The molecule has 0 bridgehead atoms. The second kappa shape index (κ2) is 3.65. The number of thiazole rings is 1. The van der Waals surface area contributed by atoms with Crippen molar-refractivity contribution in [1.82, 2.24) is 4.98 Å². The van der Waals surface area contributed by atoms with Gasteiger partial charge in [0.2, 0.25) is 0 Å². The molecule has 0 unspecified atom stereocenters. The van der Waals surface area contributed by atoms with Crippen LogP contribution in [0.15, 0.2) is 0 Å². The van der Waals surface area contributed by atoms with Crippen molar-refractivity contribution in [3.63, 3.8) is 0 Å². The molecule has 0 atom stereocenters. The van der Waals surface area contributed by atoms with Crippen molar-refractivity contribution < 1.29 is 18.7 Å². The smallest absolute Gasteiger partial charge is 0.347 e. The van der Waals surface area contributed by atoms with E-state index < -0.39 is 11.9 Å². The molecule has 0 aliphatic carbocycles. The minimum Gasteiger partial charge on any atom is -0.477 e. The highest BCUT2D eigenvalue weighted by molar-refractivity contribution is 7.17. The van der Waals surface area contributed by atoms with E-state index in [1.807, 2.05) is 0 Å². The zero-order valence-corrected chi connectivity index (χ0v) is 9.35. The van der Waals surface area contributed by atoms with E-state index in [-0.39, 0.29) is 24.4 Å². The molecule has 1 aliphatic heterocycles. The number of anilines is 1. The van der Waals surface area contributed by atoms with Crippen LogP contribution in [0.2, 0.25) is 0 Å². The van der Waals surface area contributed by atoms with E-state index in [1.54, 1.807) is 6.92 Å². The molecular weight excluding hydrogens is 238 g/mol. The predicted octanol–water partition coefficient (Wildman–Crippen LogP) is 2.00. The molecule has 88 valence electrons. The van der Waals surface area contributed by atoms with E-state index in [0.29, 0.717) is 10.8 Å². The summed E-state index contributed by atoms with van der Waals surface area (Å²) in [6, 6.07) is 0. The number of carbonyl (C=O) groups is 1. The van der Waals surface area contributed by atoms with Gasteiger partial charge >= 0.3 is 5.97 Å². The standard InChI is InChI=1S/C9H10F2N2O2S/c1-5-6(7(14)15)16-8(12-5)13-3-2-9(10,11)4-13/h2-4H2,1H3,(H,14,15). The van der Waals surface area contributed by atoms with Gasteiger partial charge in [-0.05, 0) is 6.92 Å². The first-order valence-electron chi connectivity index (χ1n) is 4.72. The highest BCUT2D eigenvalue weighted by atomic mass is 32.1. The summed E-state index contributed by atoms with van der Waals surface area (Å²) >= 11 is 0.948. The number of alkyl halides is 2. The number of aromatic carboxylic acids is 1. The molecule has 2 rings (SSSR count). The zero-order valence-electron chi connectivity index (χ0n) is 8.54. The summed E-state index contributed by atoms with van der Waals surface area (Å²) in [5.41, 5.74) is 0.378. The third-order valence-corrected chi connectivity index (χ3v) is 3.63. The molecule has 1 saturated heterocycles. The monoisotopic (exact) mass is 248 g/mol. The molecule has 0 radical (unpaired) electrons. The number of carboxylic acids is 1.